The number of hydrogen-bond donors (Lipinski definition) is 1. The van der Waals surface area contributed by atoms with E-state index in [0.717, 1.165) is 34.4 Å². The molecule has 0 atom stereocenters. The standard InChI is InChI=1S/C23H26FN5O2/c1-15-25-9-19(28(15)3)16-4-5-17-8-26-20(7-18(17)6-16)27-21(30)23(24)11-29(12-23)10-22(2)13-31-14-22/h4-9H,10-14H2,1-3H3,(H,26,27,30). The number of ether oxygens (including phenoxy) is 1. The average Bonchev–Trinajstić information content (AvgIpc) is 3.03. The maximum Gasteiger partial charge on any atom is 0.265 e. The molecule has 2 fully saturated rings. The first-order valence-electron chi connectivity index (χ1n) is 10.4. The van der Waals surface area contributed by atoms with Gasteiger partial charge in [-0.2, -0.15) is 0 Å². The van der Waals surface area contributed by atoms with Gasteiger partial charge in [-0.15, -0.1) is 0 Å². The summed E-state index contributed by atoms with van der Waals surface area (Å²) < 4.78 is 22.3. The van der Waals surface area contributed by atoms with Crippen LogP contribution in [0, 0.1) is 12.3 Å². The Morgan fingerprint density at radius 3 is 2.61 bits per heavy atom. The normalized spacial score (nSPS) is 19.6. The van der Waals surface area contributed by atoms with E-state index in [-0.39, 0.29) is 18.5 Å². The molecule has 2 aromatic heterocycles. The summed E-state index contributed by atoms with van der Waals surface area (Å²) in [4.78, 5) is 23.2. The number of fused-ring (bicyclic) bond motifs is 1. The SMILES string of the molecule is Cc1ncc(-c2ccc3cnc(NC(=O)C4(F)CN(CC5(C)COC5)C4)cc3c2)n1C. The lowest BCUT2D eigenvalue weighted by atomic mass is 9.84. The highest BCUT2D eigenvalue weighted by Gasteiger charge is 2.52. The average molecular weight is 423 g/mol. The second-order valence-corrected chi connectivity index (χ2v) is 9.25. The Balaban J connectivity index is 1.30. The lowest BCUT2D eigenvalue weighted by Crippen LogP contribution is -2.67. The summed E-state index contributed by atoms with van der Waals surface area (Å²) in [6.07, 6.45) is 3.53. The Bertz CT molecular complexity index is 1160. The van der Waals surface area contributed by atoms with Gasteiger partial charge in [0, 0.05) is 49.2 Å². The molecule has 2 aliphatic rings. The lowest BCUT2D eigenvalue weighted by molar-refractivity contribution is -0.155. The first kappa shape index (κ1) is 20.1. The third-order valence-electron chi connectivity index (χ3n) is 6.34. The molecule has 8 heteroatoms. The summed E-state index contributed by atoms with van der Waals surface area (Å²) in [5.41, 5.74) is 0.210. The van der Waals surface area contributed by atoms with E-state index in [1.807, 2.05) is 47.8 Å². The van der Waals surface area contributed by atoms with Gasteiger partial charge in [-0.3, -0.25) is 9.69 Å². The first-order valence-corrected chi connectivity index (χ1v) is 10.4. The number of alkyl halides is 1. The van der Waals surface area contributed by atoms with Crippen LogP contribution in [0.5, 0.6) is 0 Å². The molecule has 1 amide bonds. The summed E-state index contributed by atoms with van der Waals surface area (Å²) in [6.45, 7) is 6.41. The number of pyridine rings is 1. The molecule has 4 heterocycles. The van der Waals surface area contributed by atoms with Crippen LogP contribution >= 0.6 is 0 Å². The van der Waals surface area contributed by atoms with E-state index in [2.05, 4.69) is 22.2 Å². The number of halogens is 1. The van der Waals surface area contributed by atoms with Crippen molar-refractivity contribution in [3.05, 3.63) is 42.5 Å². The minimum absolute atomic E-state index is 0.0713. The number of rotatable bonds is 5. The van der Waals surface area contributed by atoms with Crippen molar-refractivity contribution in [3.63, 3.8) is 0 Å². The van der Waals surface area contributed by atoms with Gasteiger partial charge < -0.3 is 14.6 Å². The van der Waals surface area contributed by atoms with Gasteiger partial charge in [0.1, 0.15) is 11.6 Å². The zero-order valence-corrected chi connectivity index (χ0v) is 18.0. The molecule has 2 saturated heterocycles. The van der Waals surface area contributed by atoms with Gasteiger partial charge in [-0.1, -0.05) is 19.1 Å². The van der Waals surface area contributed by atoms with Gasteiger partial charge in [-0.05, 0) is 24.4 Å². The summed E-state index contributed by atoms with van der Waals surface area (Å²) in [5, 5.41) is 4.53. The summed E-state index contributed by atoms with van der Waals surface area (Å²) in [6, 6.07) is 7.82. The maximum atomic E-state index is 15.1. The second-order valence-electron chi connectivity index (χ2n) is 9.25. The third kappa shape index (κ3) is 3.59. The van der Waals surface area contributed by atoms with Crippen molar-refractivity contribution in [1.29, 1.82) is 0 Å². The van der Waals surface area contributed by atoms with Crippen LogP contribution in [-0.2, 0) is 16.6 Å². The van der Waals surface area contributed by atoms with Crippen LogP contribution in [-0.4, -0.2) is 63.9 Å². The highest BCUT2D eigenvalue weighted by Crippen LogP contribution is 2.34. The third-order valence-corrected chi connectivity index (χ3v) is 6.34. The predicted molar refractivity (Wildman–Crippen MR) is 117 cm³/mol. The molecule has 0 aliphatic carbocycles. The lowest BCUT2D eigenvalue weighted by Gasteiger charge is -2.49. The van der Waals surface area contributed by atoms with Crippen molar-refractivity contribution >= 4 is 22.5 Å². The fraction of sp³-hybridized carbons (Fsp3) is 0.435. The molecular formula is C23H26FN5O2. The Morgan fingerprint density at radius 2 is 1.97 bits per heavy atom. The van der Waals surface area contributed by atoms with Gasteiger partial charge in [0.05, 0.1) is 25.1 Å². The van der Waals surface area contributed by atoms with E-state index >= 15 is 4.39 Å². The summed E-state index contributed by atoms with van der Waals surface area (Å²) >= 11 is 0. The molecule has 0 bridgehead atoms. The van der Waals surface area contributed by atoms with E-state index in [1.165, 1.54) is 0 Å². The zero-order valence-electron chi connectivity index (χ0n) is 18.0. The summed E-state index contributed by atoms with van der Waals surface area (Å²) in [5.74, 6) is 0.647. The second kappa shape index (κ2) is 7.10. The van der Waals surface area contributed by atoms with E-state index in [1.54, 1.807) is 12.3 Å². The van der Waals surface area contributed by atoms with Gasteiger partial charge in [-0.25, -0.2) is 14.4 Å². The number of benzene rings is 1. The van der Waals surface area contributed by atoms with Crippen molar-refractivity contribution in [1.82, 2.24) is 19.4 Å². The number of amides is 1. The molecule has 0 saturated carbocycles. The number of carbonyl (C=O) groups excluding carboxylic acids is 1. The topological polar surface area (TPSA) is 72.3 Å². The fourth-order valence-electron chi connectivity index (χ4n) is 4.37. The molecule has 1 aromatic carbocycles. The molecule has 1 N–H and O–H groups in total. The van der Waals surface area contributed by atoms with Gasteiger partial charge >= 0.3 is 0 Å². The largest absolute Gasteiger partial charge is 0.380 e. The Hall–Kier alpha value is -2.84. The predicted octanol–water partition coefficient (Wildman–Crippen LogP) is 2.94. The fourth-order valence-corrected chi connectivity index (χ4v) is 4.37. The number of nitrogens with zero attached hydrogens (tertiary/aromatic N) is 4. The van der Waals surface area contributed by atoms with Crippen LogP contribution in [0.3, 0.4) is 0 Å². The molecule has 7 nitrogen and oxygen atoms in total. The smallest absolute Gasteiger partial charge is 0.265 e. The molecule has 162 valence electrons. The van der Waals surface area contributed by atoms with Crippen LogP contribution in [0.4, 0.5) is 10.2 Å². The molecule has 2 aliphatic heterocycles. The minimum atomic E-state index is -1.88. The number of likely N-dealkylation sites (tertiary alicyclic amines) is 1. The Labute approximate surface area is 180 Å². The zero-order chi connectivity index (χ0) is 21.8. The maximum absolute atomic E-state index is 15.1. The number of aromatic nitrogens is 3. The van der Waals surface area contributed by atoms with Gasteiger partial charge in [0.2, 0.25) is 5.67 Å². The molecule has 3 aromatic rings. The van der Waals surface area contributed by atoms with Crippen LogP contribution in [0.1, 0.15) is 12.7 Å². The molecule has 0 spiro atoms. The van der Waals surface area contributed by atoms with Crippen molar-refractivity contribution in [2.24, 2.45) is 12.5 Å². The highest BCUT2D eigenvalue weighted by molar-refractivity contribution is 5.99. The van der Waals surface area contributed by atoms with Gasteiger partial charge in [0.15, 0.2) is 0 Å². The van der Waals surface area contributed by atoms with Crippen molar-refractivity contribution in [2.75, 3.05) is 38.2 Å². The number of carbonyl (C=O) groups is 1. The van der Waals surface area contributed by atoms with E-state index in [9.17, 15) is 4.79 Å². The minimum Gasteiger partial charge on any atom is -0.380 e. The molecule has 31 heavy (non-hydrogen) atoms. The number of anilines is 1. The quantitative estimate of drug-likeness (QED) is 0.683. The van der Waals surface area contributed by atoms with Gasteiger partial charge in [0.25, 0.3) is 5.91 Å². The highest BCUT2D eigenvalue weighted by atomic mass is 19.1. The molecular weight excluding hydrogens is 397 g/mol. The number of nitrogens with one attached hydrogen (secondary N) is 1. The number of imidazole rings is 1. The first-order chi connectivity index (χ1) is 14.7. The number of hydrogen-bond acceptors (Lipinski definition) is 5. The van der Waals surface area contributed by atoms with Crippen molar-refractivity contribution < 1.29 is 13.9 Å². The van der Waals surface area contributed by atoms with E-state index in [0.29, 0.717) is 19.0 Å². The Morgan fingerprint density at radius 1 is 1.19 bits per heavy atom. The van der Waals surface area contributed by atoms with E-state index < -0.39 is 11.6 Å². The monoisotopic (exact) mass is 423 g/mol. The van der Waals surface area contributed by atoms with Crippen molar-refractivity contribution in [3.8, 4) is 11.3 Å². The van der Waals surface area contributed by atoms with Crippen LogP contribution in [0.15, 0.2) is 36.7 Å². The Kier molecular flexibility index (Phi) is 4.60. The molecule has 0 unspecified atom stereocenters. The number of aryl methyl sites for hydroxylation is 1. The van der Waals surface area contributed by atoms with Crippen molar-refractivity contribution in [2.45, 2.75) is 19.5 Å². The molecule has 0 radical (unpaired) electrons. The van der Waals surface area contributed by atoms with Crippen LogP contribution < -0.4 is 5.32 Å². The van der Waals surface area contributed by atoms with Crippen LogP contribution in [0.25, 0.3) is 22.0 Å². The summed E-state index contributed by atoms with van der Waals surface area (Å²) in [7, 11) is 1.97. The molecule has 5 rings (SSSR count). The van der Waals surface area contributed by atoms with E-state index in [4.69, 9.17) is 4.74 Å². The van der Waals surface area contributed by atoms with Crippen LogP contribution in [0.2, 0.25) is 0 Å².